The van der Waals surface area contributed by atoms with Crippen LogP contribution in [0.25, 0.3) is 16.8 Å². The predicted molar refractivity (Wildman–Crippen MR) is 105 cm³/mol. The van der Waals surface area contributed by atoms with Crippen LogP contribution in [0.3, 0.4) is 0 Å². The molecule has 5 rings (SSSR count). The van der Waals surface area contributed by atoms with Crippen molar-refractivity contribution in [2.45, 2.75) is 6.04 Å². The minimum atomic E-state index is -0.333. The molecule has 1 unspecified atom stereocenters. The average Bonchev–Trinajstić information content (AvgIpc) is 3.05. The zero-order valence-electron chi connectivity index (χ0n) is 14.9. The first kappa shape index (κ1) is 16.2. The van der Waals surface area contributed by atoms with Crippen molar-refractivity contribution in [3.05, 3.63) is 59.8 Å². The summed E-state index contributed by atoms with van der Waals surface area (Å²) in [4.78, 5) is 4.49. The Morgan fingerprint density at radius 1 is 1.18 bits per heavy atom. The molecule has 140 valence electrons. The van der Waals surface area contributed by atoms with Gasteiger partial charge in [0.2, 0.25) is 11.7 Å². The molecule has 1 aliphatic heterocycles. The summed E-state index contributed by atoms with van der Waals surface area (Å²) in [6, 6.07) is 12.6. The number of phenols is 2. The second kappa shape index (κ2) is 5.78. The van der Waals surface area contributed by atoms with Gasteiger partial charge in [-0.2, -0.15) is 0 Å². The molecule has 0 saturated heterocycles. The maximum Gasteiger partial charge on any atom is 0.238 e. The molecule has 0 radical (unpaired) electrons. The molecule has 2 aromatic heterocycles. The van der Waals surface area contributed by atoms with Gasteiger partial charge in [0.05, 0.1) is 18.7 Å². The van der Waals surface area contributed by atoms with Crippen molar-refractivity contribution in [2.24, 2.45) is 0 Å². The van der Waals surface area contributed by atoms with E-state index < -0.39 is 0 Å². The summed E-state index contributed by atoms with van der Waals surface area (Å²) in [5.74, 6) is -0.169. The standard InChI is InChI=1S/C20H17N5O3/c1-28-15-9-10(8-14(26)19(15)27)16-12-6-7-25-18(12)17(23-20(21)24-25)11-4-2-3-5-13(11)22-16/h2-9,16,22,26-27H,1H3,(H2,21,24). The van der Waals surface area contributed by atoms with E-state index in [-0.39, 0.29) is 29.2 Å². The fourth-order valence-corrected chi connectivity index (χ4v) is 3.73. The van der Waals surface area contributed by atoms with Crippen molar-refractivity contribution in [2.75, 3.05) is 18.2 Å². The first-order valence-corrected chi connectivity index (χ1v) is 8.67. The fraction of sp³-hybridized carbons (Fsp3) is 0.100. The van der Waals surface area contributed by atoms with Gasteiger partial charge in [0.25, 0.3) is 0 Å². The van der Waals surface area contributed by atoms with Gasteiger partial charge in [0.1, 0.15) is 5.69 Å². The molecule has 28 heavy (non-hydrogen) atoms. The zero-order valence-corrected chi connectivity index (χ0v) is 14.9. The lowest BCUT2D eigenvalue weighted by Gasteiger charge is -2.20. The van der Waals surface area contributed by atoms with E-state index in [2.05, 4.69) is 15.4 Å². The van der Waals surface area contributed by atoms with Crippen molar-refractivity contribution in [1.29, 1.82) is 0 Å². The van der Waals surface area contributed by atoms with Crippen molar-refractivity contribution < 1.29 is 14.9 Å². The van der Waals surface area contributed by atoms with Crippen molar-refractivity contribution in [3.63, 3.8) is 0 Å². The van der Waals surface area contributed by atoms with Gasteiger partial charge in [-0.1, -0.05) is 18.2 Å². The van der Waals surface area contributed by atoms with Gasteiger partial charge in [-0.25, -0.2) is 9.50 Å². The topological polar surface area (TPSA) is 118 Å². The van der Waals surface area contributed by atoms with Crippen LogP contribution in [0.1, 0.15) is 17.2 Å². The highest BCUT2D eigenvalue weighted by atomic mass is 16.5. The van der Waals surface area contributed by atoms with Gasteiger partial charge < -0.3 is 26.0 Å². The molecule has 0 amide bonds. The van der Waals surface area contributed by atoms with Crippen LogP contribution in [0, 0.1) is 0 Å². The number of ether oxygens (including phenoxy) is 1. The highest BCUT2D eigenvalue weighted by molar-refractivity contribution is 5.90. The van der Waals surface area contributed by atoms with Crippen molar-refractivity contribution in [3.8, 4) is 28.5 Å². The van der Waals surface area contributed by atoms with E-state index in [1.807, 2.05) is 36.5 Å². The molecule has 5 N–H and O–H groups in total. The van der Waals surface area contributed by atoms with E-state index in [0.717, 1.165) is 33.6 Å². The normalized spacial score (nSPS) is 15.0. The highest BCUT2D eigenvalue weighted by Crippen LogP contribution is 2.44. The van der Waals surface area contributed by atoms with E-state index in [4.69, 9.17) is 10.5 Å². The van der Waals surface area contributed by atoms with Crippen LogP contribution in [0.2, 0.25) is 0 Å². The number of nitrogens with one attached hydrogen (secondary N) is 1. The molecule has 1 aliphatic rings. The van der Waals surface area contributed by atoms with Crippen LogP contribution in [-0.2, 0) is 0 Å². The molecule has 2 aromatic carbocycles. The monoisotopic (exact) mass is 375 g/mol. The summed E-state index contributed by atoms with van der Waals surface area (Å²) in [5.41, 5.74) is 10.9. The number of hydrogen-bond acceptors (Lipinski definition) is 7. The molecule has 0 saturated carbocycles. The smallest absolute Gasteiger partial charge is 0.238 e. The van der Waals surface area contributed by atoms with Gasteiger partial charge in [-0.05, 0) is 29.8 Å². The number of anilines is 2. The number of aromatic nitrogens is 3. The number of para-hydroxylation sites is 1. The maximum absolute atomic E-state index is 10.2. The van der Waals surface area contributed by atoms with E-state index in [1.165, 1.54) is 13.2 Å². The van der Waals surface area contributed by atoms with E-state index >= 15 is 0 Å². The van der Waals surface area contributed by atoms with Gasteiger partial charge in [-0.15, -0.1) is 5.10 Å². The van der Waals surface area contributed by atoms with Gasteiger partial charge in [-0.3, -0.25) is 0 Å². The molecule has 8 nitrogen and oxygen atoms in total. The Hall–Kier alpha value is -3.94. The number of nitrogens with two attached hydrogens (primary N) is 1. The second-order valence-electron chi connectivity index (χ2n) is 6.60. The number of aromatic hydroxyl groups is 2. The average molecular weight is 375 g/mol. The Kier molecular flexibility index (Phi) is 3.35. The lowest BCUT2D eigenvalue weighted by molar-refractivity contribution is 0.350. The minimum Gasteiger partial charge on any atom is -0.504 e. The largest absolute Gasteiger partial charge is 0.504 e. The molecule has 0 aliphatic carbocycles. The van der Waals surface area contributed by atoms with E-state index in [0.29, 0.717) is 0 Å². The summed E-state index contributed by atoms with van der Waals surface area (Å²) in [7, 11) is 1.44. The van der Waals surface area contributed by atoms with Crippen LogP contribution in [0.4, 0.5) is 11.6 Å². The quantitative estimate of drug-likeness (QED) is 0.398. The zero-order chi connectivity index (χ0) is 19.4. The Labute approximate surface area is 159 Å². The number of methoxy groups -OCH3 is 1. The maximum atomic E-state index is 10.2. The lowest BCUT2D eigenvalue weighted by Crippen LogP contribution is -2.11. The fourth-order valence-electron chi connectivity index (χ4n) is 3.73. The third-order valence-corrected chi connectivity index (χ3v) is 4.98. The number of fused-ring (bicyclic) bond motifs is 2. The number of hydrogen-bond donors (Lipinski definition) is 4. The molecule has 0 spiro atoms. The Balaban J connectivity index is 1.82. The van der Waals surface area contributed by atoms with Crippen LogP contribution < -0.4 is 15.8 Å². The van der Waals surface area contributed by atoms with Gasteiger partial charge in [0.15, 0.2) is 11.5 Å². The number of rotatable bonds is 2. The Bertz CT molecular complexity index is 1230. The van der Waals surface area contributed by atoms with Crippen LogP contribution in [-0.4, -0.2) is 31.9 Å². The number of nitrogen functional groups attached to an aromatic ring is 1. The Morgan fingerprint density at radius 2 is 2.00 bits per heavy atom. The van der Waals surface area contributed by atoms with E-state index in [1.54, 1.807) is 10.6 Å². The minimum absolute atomic E-state index is 0.182. The highest BCUT2D eigenvalue weighted by Gasteiger charge is 2.28. The van der Waals surface area contributed by atoms with E-state index in [9.17, 15) is 10.2 Å². The summed E-state index contributed by atoms with van der Waals surface area (Å²) in [6.45, 7) is 0. The summed E-state index contributed by atoms with van der Waals surface area (Å²) >= 11 is 0. The first-order chi connectivity index (χ1) is 13.6. The predicted octanol–water partition coefficient (Wildman–Crippen LogP) is 2.91. The van der Waals surface area contributed by atoms with Gasteiger partial charge >= 0.3 is 0 Å². The Morgan fingerprint density at radius 3 is 2.82 bits per heavy atom. The van der Waals surface area contributed by atoms with Crippen molar-refractivity contribution >= 4 is 17.2 Å². The molecule has 8 heteroatoms. The molecule has 3 heterocycles. The number of nitrogens with zero attached hydrogens (tertiary/aromatic N) is 3. The molecule has 0 bridgehead atoms. The molecule has 1 atom stereocenters. The van der Waals surface area contributed by atoms with Crippen LogP contribution >= 0.6 is 0 Å². The summed E-state index contributed by atoms with van der Waals surface area (Å²) < 4.78 is 6.92. The van der Waals surface area contributed by atoms with Crippen LogP contribution in [0.5, 0.6) is 17.2 Å². The summed E-state index contributed by atoms with van der Waals surface area (Å²) in [5, 5.41) is 28.0. The molecular formula is C20H17N5O3. The SMILES string of the molecule is COc1cc(C2Nc3ccccc3-c3nc(N)nn4ccc2c34)cc(O)c1O. The second-order valence-corrected chi connectivity index (χ2v) is 6.60. The van der Waals surface area contributed by atoms with Crippen molar-refractivity contribution in [1.82, 2.24) is 14.6 Å². The third kappa shape index (κ3) is 2.24. The van der Waals surface area contributed by atoms with Gasteiger partial charge in [0, 0.05) is 23.0 Å². The third-order valence-electron chi connectivity index (χ3n) is 4.98. The van der Waals surface area contributed by atoms with Crippen LogP contribution in [0.15, 0.2) is 48.7 Å². The number of benzene rings is 2. The summed E-state index contributed by atoms with van der Waals surface area (Å²) in [6.07, 6.45) is 1.83. The first-order valence-electron chi connectivity index (χ1n) is 8.67. The number of phenolic OH excluding ortho intramolecular Hbond substituents is 2. The molecular weight excluding hydrogens is 358 g/mol. The molecule has 4 aromatic rings. The lowest BCUT2D eigenvalue weighted by atomic mass is 9.98. The molecule has 0 fully saturated rings.